The normalized spacial score (nSPS) is 11.4. The van der Waals surface area contributed by atoms with Gasteiger partial charge < -0.3 is 9.88 Å². The summed E-state index contributed by atoms with van der Waals surface area (Å²) in [5.74, 6) is -0.587. The van der Waals surface area contributed by atoms with Crippen LogP contribution in [-0.2, 0) is 4.57 Å². The molecular weight excluding hydrogens is 365 g/mol. The number of anilines is 2. The molecular formula is C13H12BrClFN2OP. The molecule has 0 saturated carbocycles. The van der Waals surface area contributed by atoms with E-state index in [2.05, 4.69) is 26.2 Å². The van der Waals surface area contributed by atoms with Gasteiger partial charge in [-0.2, -0.15) is 0 Å². The Bertz CT molecular complexity index is 705. The van der Waals surface area contributed by atoms with E-state index in [9.17, 15) is 8.96 Å². The second-order valence-corrected chi connectivity index (χ2v) is 9.09. The van der Waals surface area contributed by atoms with E-state index in [1.54, 1.807) is 18.2 Å². The molecule has 7 heteroatoms. The number of nitrogens with one attached hydrogen (secondary N) is 1. The zero-order valence-corrected chi connectivity index (χ0v) is 14.1. The van der Waals surface area contributed by atoms with Crippen molar-refractivity contribution in [1.29, 1.82) is 0 Å². The van der Waals surface area contributed by atoms with Gasteiger partial charge >= 0.3 is 0 Å². The van der Waals surface area contributed by atoms with Gasteiger partial charge in [-0.1, -0.05) is 27.5 Å². The zero-order valence-electron chi connectivity index (χ0n) is 10.8. The largest absolute Gasteiger partial charge is 0.352 e. The van der Waals surface area contributed by atoms with E-state index in [0.717, 1.165) is 10.7 Å². The molecule has 0 unspecified atom stereocenters. The minimum absolute atomic E-state index is 0.145. The monoisotopic (exact) mass is 376 g/mol. The lowest BCUT2D eigenvalue weighted by atomic mass is 10.3. The summed E-state index contributed by atoms with van der Waals surface area (Å²) in [7, 11) is -2.78. The molecule has 0 atom stereocenters. The third-order valence-electron chi connectivity index (χ3n) is 2.61. The van der Waals surface area contributed by atoms with Crippen LogP contribution in [0.2, 0.25) is 5.02 Å². The van der Waals surface area contributed by atoms with Gasteiger partial charge in [0.05, 0.1) is 34.1 Å². The number of nitrogens with zero attached hydrogens (tertiary/aromatic N) is 1. The van der Waals surface area contributed by atoms with E-state index in [-0.39, 0.29) is 5.30 Å². The number of halogens is 3. The van der Waals surface area contributed by atoms with Crippen molar-refractivity contribution in [2.24, 2.45) is 0 Å². The first kappa shape index (κ1) is 15.5. The van der Waals surface area contributed by atoms with Gasteiger partial charge in [0.25, 0.3) is 0 Å². The molecule has 0 spiro atoms. The Kier molecular flexibility index (Phi) is 4.52. The van der Waals surface area contributed by atoms with Crippen molar-refractivity contribution in [2.75, 3.05) is 18.6 Å². The van der Waals surface area contributed by atoms with Gasteiger partial charge in [-0.3, -0.25) is 4.98 Å². The predicted octanol–water partition coefficient (Wildman–Crippen LogP) is 4.63. The number of rotatable bonds is 3. The fraction of sp³-hybridized carbons (Fsp3) is 0.154. The van der Waals surface area contributed by atoms with Crippen LogP contribution < -0.4 is 10.6 Å². The van der Waals surface area contributed by atoms with Crippen LogP contribution in [-0.4, -0.2) is 18.3 Å². The number of hydrogen-bond donors (Lipinski definition) is 1. The molecule has 0 radical (unpaired) electrons. The third-order valence-corrected chi connectivity index (χ3v) is 4.95. The summed E-state index contributed by atoms with van der Waals surface area (Å²) in [6.45, 7) is 3.03. The maximum absolute atomic E-state index is 13.9. The highest BCUT2D eigenvalue weighted by molar-refractivity contribution is 9.10. The molecule has 0 fully saturated rings. The number of benzene rings is 1. The number of hydrogen-bond acceptors (Lipinski definition) is 3. The van der Waals surface area contributed by atoms with Crippen molar-refractivity contribution in [3.63, 3.8) is 0 Å². The fourth-order valence-electron chi connectivity index (χ4n) is 1.80. The van der Waals surface area contributed by atoms with E-state index in [1.807, 2.05) is 0 Å². The summed E-state index contributed by atoms with van der Waals surface area (Å²) < 4.78 is 27.0. The van der Waals surface area contributed by atoms with Gasteiger partial charge in [0, 0.05) is 4.47 Å². The van der Waals surface area contributed by atoms with E-state index in [1.165, 1.54) is 19.5 Å². The maximum Gasteiger partial charge on any atom is 0.154 e. The molecule has 106 valence electrons. The van der Waals surface area contributed by atoms with Gasteiger partial charge in [-0.15, -0.1) is 0 Å². The Labute approximate surface area is 130 Å². The molecule has 0 amide bonds. The summed E-state index contributed by atoms with van der Waals surface area (Å²) in [6, 6.07) is 5.27. The Morgan fingerprint density at radius 3 is 2.60 bits per heavy atom. The topological polar surface area (TPSA) is 42.0 Å². The van der Waals surface area contributed by atoms with Gasteiger partial charge in [-0.25, -0.2) is 4.39 Å². The summed E-state index contributed by atoms with van der Waals surface area (Å²) in [4.78, 5) is 3.79. The first-order valence-corrected chi connectivity index (χ1v) is 9.47. The first-order valence-electron chi connectivity index (χ1n) is 5.70. The van der Waals surface area contributed by atoms with Gasteiger partial charge in [0.15, 0.2) is 5.82 Å². The SMILES string of the molecule is CP(C)(=O)c1c(F)cncc1Nc1ccc(Br)cc1Cl. The maximum atomic E-state index is 13.9. The third kappa shape index (κ3) is 3.40. The van der Waals surface area contributed by atoms with Crippen LogP contribution in [0.15, 0.2) is 35.1 Å². The van der Waals surface area contributed by atoms with Crippen molar-refractivity contribution in [2.45, 2.75) is 0 Å². The van der Waals surface area contributed by atoms with E-state index in [4.69, 9.17) is 11.6 Å². The molecule has 1 N–H and O–H groups in total. The lowest BCUT2D eigenvalue weighted by Gasteiger charge is -2.16. The average Bonchev–Trinajstić information content (AvgIpc) is 2.31. The van der Waals surface area contributed by atoms with E-state index < -0.39 is 13.0 Å². The number of pyridine rings is 1. The highest BCUT2D eigenvalue weighted by Gasteiger charge is 2.22. The highest BCUT2D eigenvalue weighted by atomic mass is 79.9. The van der Waals surface area contributed by atoms with E-state index >= 15 is 0 Å². The molecule has 1 aromatic carbocycles. The molecule has 1 heterocycles. The lowest BCUT2D eigenvalue weighted by Crippen LogP contribution is -2.15. The second kappa shape index (κ2) is 5.84. The Hall–Kier alpha value is -0.900. The first-order chi connectivity index (χ1) is 9.29. The van der Waals surface area contributed by atoms with Gasteiger partial charge in [0.2, 0.25) is 0 Å². The molecule has 0 aliphatic heterocycles. The quantitative estimate of drug-likeness (QED) is 0.793. The Balaban J connectivity index is 2.49. The molecule has 3 nitrogen and oxygen atoms in total. The lowest BCUT2D eigenvalue weighted by molar-refractivity contribution is 0.584. The second-order valence-electron chi connectivity index (χ2n) is 4.62. The predicted molar refractivity (Wildman–Crippen MR) is 85.7 cm³/mol. The standard InChI is InChI=1S/C13H12BrClFN2OP/c1-20(2,19)13-10(16)6-17-7-12(13)18-11-4-3-8(14)5-9(11)15/h3-7,18H,1-2H3. The Morgan fingerprint density at radius 1 is 1.30 bits per heavy atom. The fourth-order valence-corrected chi connectivity index (χ4v) is 3.79. The smallest absolute Gasteiger partial charge is 0.154 e. The number of aromatic nitrogens is 1. The van der Waals surface area contributed by atoms with Crippen LogP contribution in [0, 0.1) is 5.82 Å². The van der Waals surface area contributed by atoms with Crippen molar-refractivity contribution in [1.82, 2.24) is 4.98 Å². The van der Waals surface area contributed by atoms with Crippen LogP contribution in [0.4, 0.5) is 15.8 Å². The minimum atomic E-state index is -2.78. The van der Waals surface area contributed by atoms with Crippen LogP contribution in [0.5, 0.6) is 0 Å². The zero-order chi connectivity index (χ0) is 14.9. The summed E-state index contributed by atoms with van der Waals surface area (Å²) >= 11 is 9.42. The molecule has 20 heavy (non-hydrogen) atoms. The van der Waals surface area contributed by atoms with Crippen LogP contribution in [0.3, 0.4) is 0 Å². The van der Waals surface area contributed by atoms with E-state index in [0.29, 0.717) is 16.4 Å². The van der Waals surface area contributed by atoms with Crippen molar-refractivity contribution in [3.8, 4) is 0 Å². The molecule has 2 rings (SSSR count). The van der Waals surface area contributed by atoms with Crippen molar-refractivity contribution < 1.29 is 8.96 Å². The molecule has 2 aromatic rings. The highest BCUT2D eigenvalue weighted by Crippen LogP contribution is 2.39. The summed E-state index contributed by atoms with van der Waals surface area (Å²) in [5.41, 5.74) is 0.958. The molecule has 1 aromatic heterocycles. The summed E-state index contributed by atoms with van der Waals surface area (Å²) in [5, 5.41) is 3.60. The molecule has 0 aliphatic carbocycles. The Morgan fingerprint density at radius 2 is 2.00 bits per heavy atom. The van der Waals surface area contributed by atoms with Crippen molar-refractivity contribution >= 4 is 51.4 Å². The minimum Gasteiger partial charge on any atom is -0.352 e. The van der Waals surface area contributed by atoms with Crippen molar-refractivity contribution in [3.05, 3.63) is 45.9 Å². The van der Waals surface area contributed by atoms with Crippen LogP contribution in [0.25, 0.3) is 0 Å². The van der Waals surface area contributed by atoms with Gasteiger partial charge in [-0.05, 0) is 31.5 Å². The van der Waals surface area contributed by atoms with Crippen LogP contribution in [0.1, 0.15) is 0 Å². The summed E-state index contributed by atoms with van der Waals surface area (Å²) in [6.07, 6.45) is 2.50. The van der Waals surface area contributed by atoms with Crippen LogP contribution >= 0.6 is 34.7 Å². The molecule has 0 aliphatic rings. The van der Waals surface area contributed by atoms with Gasteiger partial charge in [0.1, 0.15) is 7.14 Å². The molecule has 0 saturated heterocycles. The molecule has 0 bridgehead atoms. The average molecular weight is 378 g/mol.